The van der Waals surface area contributed by atoms with Gasteiger partial charge in [0, 0.05) is 33.3 Å². The van der Waals surface area contributed by atoms with Crippen LogP contribution in [0.5, 0.6) is 0 Å². The lowest BCUT2D eigenvalue weighted by molar-refractivity contribution is -0.146. The molecule has 1 atom stereocenters. The highest BCUT2D eigenvalue weighted by Crippen LogP contribution is 2.02. The third kappa shape index (κ3) is 4.05. The van der Waals surface area contributed by atoms with E-state index in [0.717, 1.165) is 6.54 Å². The maximum Gasteiger partial charge on any atom is 0.253 e. The summed E-state index contributed by atoms with van der Waals surface area (Å²) >= 11 is 0. The maximum absolute atomic E-state index is 12.0. The second-order valence-corrected chi connectivity index (χ2v) is 3.61. The van der Waals surface area contributed by atoms with E-state index in [4.69, 9.17) is 14.6 Å². The molecule has 1 aliphatic heterocycles. The lowest BCUT2D eigenvalue weighted by atomic mass is 10.2. The second kappa shape index (κ2) is 7.56. The predicted molar refractivity (Wildman–Crippen MR) is 58.2 cm³/mol. The minimum atomic E-state index is -0.433. The molecular formula is C10H20N2O4. The third-order valence-corrected chi connectivity index (χ3v) is 2.45. The Labute approximate surface area is 95.5 Å². The van der Waals surface area contributed by atoms with E-state index in [2.05, 4.69) is 5.32 Å². The van der Waals surface area contributed by atoms with Gasteiger partial charge in [0.15, 0.2) is 0 Å². The van der Waals surface area contributed by atoms with Crippen molar-refractivity contribution in [1.82, 2.24) is 10.2 Å². The van der Waals surface area contributed by atoms with Gasteiger partial charge in [0.2, 0.25) is 0 Å². The number of hydrogen-bond acceptors (Lipinski definition) is 5. The number of amides is 1. The number of aliphatic hydroxyl groups is 1. The van der Waals surface area contributed by atoms with Gasteiger partial charge in [0.1, 0.15) is 6.10 Å². The second-order valence-electron chi connectivity index (χ2n) is 3.61. The molecule has 1 amide bonds. The van der Waals surface area contributed by atoms with Crippen molar-refractivity contribution in [2.24, 2.45) is 0 Å². The van der Waals surface area contributed by atoms with Crippen molar-refractivity contribution in [2.75, 3.05) is 53.1 Å². The van der Waals surface area contributed by atoms with Crippen LogP contribution in [0, 0.1) is 0 Å². The summed E-state index contributed by atoms with van der Waals surface area (Å²) < 4.78 is 10.3. The van der Waals surface area contributed by atoms with Crippen LogP contribution in [0.25, 0.3) is 0 Å². The van der Waals surface area contributed by atoms with Gasteiger partial charge in [0.05, 0.1) is 19.8 Å². The fourth-order valence-corrected chi connectivity index (χ4v) is 1.58. The number of carbonyl (C=O) groups is 1. The smallest absolute Gasteiger partial charge is 0.253 e. The van der Waals surface area contributed by atoms with Gasteiger partial charge < -0.3 is 24.8 Å². The van der Waals surface area contributed by atoms with E-state index in [1.165, 1.54) is 0 Å². The third-order valence-electron chi connectivity index (χ3n) is 2.45. The van der Waals surface area contributed by atoms with Crippen LogP contribution in [-0.2, 0) is 14.3 Å². The van der Waals surface area contributed by atoms with E-state index in [9.17, 15) is 4.79 Å². The van der Waals surface area contributed by atoms with Gasteiger partial charge in [-0.25, -0.2) is 0 Å². The molecule has 1 aliphatic rings. The number of ether oxygens (including phenoxy) is 2. The molecule has 1 heterocycles. The van der Waals surface area contributed by atoms with Crippen LogP contribution in [0.2, 0.25) is 0 Å². The predicted octanol–water partition coefficient (Wildman–Crippen LogP) is -1.56. The number of hydrogen-bond donors (Lipinski definition) is 2. The summed E-state index contributed by atoms with van der Waals surface area (Å²) in [7, 11) is 1.58. The van der Waals surface area contributed by atoms with E-state index in [1.807, 2.05) is 0 Å². The van der Waals surface area contributed by atoms with Crippen LogP contribution in [-0.4, -0.2) is 75.1 Å². The Hall–Kier alpha value is -0.690. The summed E-state index contributed by atoms with van der Waals surface area (Å²) in [5.41, 5.74) is 0. The molecule has 6 nitrogen and oxygen atoms in total. The molecule has 94 valence electrons. The van der Waals surface area contributed by atoms with Crippen molar-refractivity contribution in [3.05, 3.63) is 0 Å². The number of carbonyl (C=O) groups excluding carboxylic acids is 1. The van der Waals surface area contributed by atoms with Crippen LogP contribution in [0.4, 0.5) is 0 Å². The fraction of sp³-hybridized carbons (Fsp3) is 0.900. The summed E-state index contributed by atoms with van der Waals surface area (Å²) in [5, 5.41) is 12.0. The monoisotopic (exact) mass is 232 g/mol. The molecule has 1 saturated heterocycles. The fourth-order valence-electron chi connectivity index (χ4n) is 1.58. The van der Waals surface area contributed by atoms with Gasteiger partial charge in [-0.05, 0) is 0 Å². The highest BCUT2D eigenvalue weighted by Gasteiger charge is 2.26. The number of morpholine rings is 1. The molecule has 2 N–H and O–H groups in total. The lowest BCUT2D eigenvalue weighted by Crippen LogP contribution is -2.50. The number of rotatable bonds is 6. The maximum atomic E-state index is 12.0. The van der Waals surface area contributed by atoms with E-state index >= 15 is 0 Å². The Morgan fingerprint density at radius 3 is 3.00 bits per heavy atom. The minimum Gasteiger partial charge on any atom is -0.395 e. The topological polar surface area (TPSA) is 71.0 Å². The van der Waals surface area contributed by atoms with Crippen LogP contribution in [0.1, 0.15) is 0 Å². The average Bonchev–Trinajstić information content (AvgIpc) is 2.35. The SMILES string of the molecule is COCCN(CCO)C(=O)C1CNCCO1. The van der Waals surface area contributed by atoms with Crippen LogP contribution >= 0.6 is 0 Å². The summed E-state index contributed by atoms with van der Waals surface area (Å²) in [6.07, 6.45) is -0.433. The largest absolute Gasteiger partial charge is 0.395 e. The van der Waals surface area contributed by atoms with Crippen molar-refractivity contribution in [1.29, 1.82) is 0 Å². The first-order chi connectivity index (χ1) is 7.79. The van der Waals surface area contributed by atoms with Crippen LogP contribution < -0.4 is 5.32 Å². The first-order valence-corrected chi connectivity index (χ1v) is 5.50. The lowest BCUT2D eigenvalue weighted by Gasteiger charge is -2.29. The number of nitrogens with zero attached hydrogens (tertiary/aromatic N) is 1. The summed E-state index contributed by atoms with van der Waals surface area (Å²) in [5.74, 6) is -0.0849. The molecule has 0 spiro atoms. The van der Waals surface area contributed by atoms with E-state index in [-0.39, 0.29) is 12.5 Å². The van der Waals surface area contributed by atoms with Crippen molar-refractivity contribution in [3.63, 3.8) is 0 Å². The molecule has 1 fully saturated rings. The Balaban J connectivity index is 2.44. The van der Waals surface area contributed by atoms with E-state index in [1.54, 1.807) is 12.0 Å². The Morgan fingerprint density at radius 2 is 2.44 bits per heavy atom. The minimum absolute atomic E-state index is 0.0460. The highest BCUT2D eigenvalue weighted by molar-refractivity contribution is 5.81. The molecule has 0 bridgehead atoms. The number of nitrogens with one attached hydrogen (secondary N) is 1. The highest BCUT2D eigenvalue weighted by atomic mass is 16.5. The molecule has 0 aromatic rings. The number of methoxy groups -OCH3 is 1. The standard InChI is InChI=1S/C10H20N2O4/c1-15-7-4-12(3-5-13)10(14)9-8-11-2-6-16-9/h9,11,13H,2-8H2,1H3. The molecule has 1 unspecified atom stereocenters. The van der Waals surface area contributed by atoms with Gasteiger partial charge in [0.25, 0.3) is 5.91 Å². The molecule has 0 saturated carbocycles. The Bertz CT molecular complexity index is 207. The van der Waals surface area contributed by atoms with Crippen molar-refractivity contribution < 1.29 is 19.4 Å². The van der Waals surface area contributed by atoms with E-state index < -0.39 is 6.10 Å². The molecular weight excluding hydrogens is 212 g/mol. The normalized spacial score (nSPS) is 20.8. The molecule has 0 radical (unpaired) electrons. The first kappa shape index (κ1) is 13.4. The van der Waals surface area contributed by atoms with Crippen molar-refractivity contribution in [2.45, 2.75) is 6.10 Å². The van der Waals surface area contributed by atoms with Gasteiger partial charge in [-0.2, -0.15) is 0 Å². The van der Waals surface area contributed by atoms with Gasteiger partial charge in [-0.15, -0.1) is 0 Å². The first-order valence-electron chi connectivity index (χ1n) is 5.50. The molecule has 1 rings (SSSR count). The Morgan fingerprint density at radius 1 is 1.62 bits per heavy atom. The summed E-state index contributed by atoms with van der Waals surface area (Å²) in [4.78, 5) is 13.6. The van der Waals surface area contributed by atoms with Gasteiger partial charge >= 0.3 is 0 Å². The molecule has 0 aromatic heterocycles. The van der Waals surface area contributed by atoms with Crippen molar-refractivity contribution in [3.8, 4) is 0 Å². The van der Waals surface area contributed by atoms with Gasteiger partial charge in [-0.1, -0.05) is 0 Å². The summed E-state index contributed by atoms with van der Waals surface area (Å²) in [6, 6.07) is 0. The summed E-state index contributed by atoms with van der Waals surface area (Å²) in [6.45, 7) is 3.09. The van der Waals surface area contributed by atoms with Crippen LogP contribution in [0.3, 0.4) is 0 Å². The van der Waals surface area contributed by atoms with Gasteiger partial charge in [-0.3, -0.25) is 4.79 Å². The van der Waals surface area contributed by atoms with E-state index in [0.29, 0.717) is 32.8 Å². The average molecular weight is 232 g/mol. The quantitative estimate of drug-likeness (QED) is 0.580. The Kier molecular flexibility index (Phi) is 6.32. The molecule has 0 aliphatic carbocycles. The molecule has 0 aromatic carbocycles. The molecule has 6 heteroatoms. The zero-order valence-electron chi connectivity index (χ0n) is 9.65. The zero-order valence-corrected chi connectivity index (χ0v) is 9.65. The number of aliphatic hydroxyl groups excluding tert-OH is 1. The van der Waals surface area contributed by atoms with Crippen molar-refractivity contribution >= 4 is 5.91 Å². The molecule has 16 heavy (non-hydrogen) atoms. The zero-order chi connectivity index (χ0) is 11.8. The van der Waals surface area contributed by atoms with Crippen LogP contribution in [0.15, 0.2) is 0 Å².